The maximum atomic E-state index is 12.8. The molecule has 2 amide bonds. The number of hydrogen-bond acceptors (Lipinski definition) is 3. The number of nitrogens with two attached hydrogens (primary N) is 1. The van der Waals surface area contributed by atoms with Crippen LogP contribution < -0.4 is 5.73 Å². The van der Waals surface area contributed by atoms with Gasteiger partial charge in [0.05, 0.1) is 0 Å². The summed E-state index contributed by atoms with van der Waals surface area (Å²) in [5.41, 5.74) is 8.90. The van der Waals surface area contributed by atoms with Gasteiger partial charge in [-0.3, -0.25) is 9.59 Å². The molecule has 1 fully saturated rings. The molecule has 0 spiro atoms. The van der Waals surface area contributed by atoms with Crippen molar-refractivity contribution in [2.24, 2.45) is 11.7 Å². The van der Waals surface area contributed by atoms with E-state index in [4.69, 9.17) is 5.73 Å². The first-order chi connectivity index (χ1) is 12.7. The molecule has 0 radical (unpaired) electrons. The second kappa shape index (κ2) is 8.11. The standard InChI is InChI=1S/C21H23N3O2.ClH/c22-10-17-12-23(13-19(17)15-6-2-1-3-7-15)20(25)14-24-11-16-8-4-5-9-18(16)21(24)26;/h1-9,17,19H,10-14,22H2;1H/t17-,19+;/m1./s1. The summed E-state index contributed by atoms with van der Waals surface area (Å²) in [6.07, 6.45) is 0. The lowest BCUT2D eigenvalue weighted by molar-refractivity contribution is -0.131. The van der Waals surface area contributed by atoms with E-state index in [1.807, 2.05) is 47.4 Å². The molecule has 2 aromatic rings. The highest BCUT2D eigenvalue weighted by molar-refractivity contribution is 6.00. The number of amides is 2. The fourth-order valence-corrected chi connectivity index (χ4v) is 4.10. The van der Waals surface area contributed by atoms with E-state index in [9.17, 15) is 9.59 Å². The van der Waals surface area contributed by atoms with Gasteiger partial charge in [-0.1, -0.05) is 48.5 Å². The molecule has 6 heteroatoms. The molecule has 0 aromatic heterocycles. The summed E-state index contributed by atoms with van der Waals surface area (Å²) < 4.78 is 0. The van der Waals surface area contributed by atoms with Crippen molar-refractivity contribution in [3.05, 3.63) is 71.3 Å². The van der Waals surface area contributed by atoms with E-state index < -0.39 is 0 Å². The Bertz CT molecular complexity index is 827. The molecule has 2 aliphatic heterocycles. The van der Waals surface area contributed by atoms with Crippen LogP contribution in [-0.4, -0.2) is 47.8 Å². The Labute approximate surface area is 165 Å². The Kier molecular flexibility index (Phi) is 5.82. The average molecular weight is 386 g/mol. The molecule has 0 saturated carbocycles. The zero-order valence-electron chi connectivity index (χ0n) is 15.1. The summed E-state index contributed by atoms with van der Waals surface area (Å²) in [6.45, 7) is 2.52. The second-order valence-electron chi connectivity index (χ2n) is 7.13. The van der Waals surface area contributed by atoms with Crippen LogP contribution in [0.5, 0.6) is 0 Å². The lowest BCUT2D eigenvalue weighted by Crippen LogP contribution is -2.39. The monoisotopic (exact) mass is 385 g/mol. The molecular weight excluding hydrogens is 362 g/mol. The minimum atomic E-state index is -0.0527. The summed E-state index contributed by atoms with van der Waals surface area (Å²) in [5, 5.41) is 0. The second-order valence-corrected chi connectivity index (χ2v) is 7.13. The predicted molar refractivity (Wildman–Crippen MR) is 107 cm³/mol. The van der Waals surface area contributed by atoms with Crippen LogP contribution in [0.1, 0.15) is 27.4 Å². The van der Waals surface area contributed by atoms with Crippen molar-refractivity contribution in [1.29, 1.82) is 0 Å². The summed E-state index contributed by atoms with van der Waals surface area (Å²) in [4.78, 5) is 28.8. The molecule has 0 aliphatic carbocycles. The van der Waals surface area contributed by atoms with Crippen LogP contribution in [0.2, 0.25) is 0 Å². The van der Waals surface area contributed by atoms with E-state index in [2.05, 4.69) is 12.1 Å². The van der Waals surface area contributed by atoms with Crippen LogP contribution in [-0.2, 0) is 11.3 Å². The van der Waals surface area contributed by atoms with Gasteiger partial charge in [0, 0.05) is 31.1 Å². The minimum absolute atomic E-state index is 0. The van der Waals surface area contributed by atoms with Crippen LogP contribution in [0.4, 0.5) is 0 Å². The molecule has 2 atom stereocenters. The normalized spacial score (nSPS) is 21.1. The largest absolute Gasteiger partial charge is 0.340 e. The highest BCUT2D eigenvalue weighted by atomic mass is 35.5. The quantitative estimate of drug-likeness (QED) is 0.877. The fourth-order valence-electron chi connectivity index (χ4n) is 4.10. The maximum Gasteiger partial charge on any atom is 0.254 e. The topological polar surface area (TPSA) is 66.6 Å². The molecule has 5 nitrogen and oxygen atoms in total. The van der Waals surface area contributed by atoms with Gasteiger partial charge in [-0.05, 0) is 29.7 Å². The molecule has 2 heterocycles. The van der Waals surface area contributed by atoms with Crippen molar-refractivity contribution >= 4 is 24.2 Å². The first-order valence-electron chi connectivity index (χ1n) is 9.07. The van der Waals surface area contributed by atoms with E-state index in [0.29, 0.717) is 31.7 Å². The smallest absolute Gasteiger partial charge is 0.254 e. The van der Waals surface area contributed by atoms with E-state index in [0.717, 1.165) is 5.56 Å². The number of halogens is 1. The summed E-state index contributed by atoms with van der Waals surface area (Å²) in [6, 6.07) is 17.8. The molecular formula is C21H24ClN3O2. The highest BCUT2D eigenvalue weighted by Gasteiger charge is 2.37. The first-order valence-corrected chi connectivity index (χ1v) is 9.07. The Morgan fingerprint density at radius 1 is 1.04 bits per heavy atom. The van der Waals surface area contributed by atoms with Crippen molar-refractivity contribution in [2.75, 3.05) is 26.2 Å². The van der Waals surface area contributed by atoms with Crippen LogP contribution in [0.15, 0.2) is 54.6 Å². The van der Waals surface area contributed by atoms with E-state index in [1.54, 1.807) is 4.90 Å². The Balaban J connectivity index is 0.00000210. The number of likely N-dealkylation sites (tertiary alicyclic amines) is 1. The third-order valence-corrected chi connectivity index (χ3v) is 5.55. The van der Waals surface area contributed by atoms with E-state index in [-0.39, 0.29) is 42.6 Å². The van der Waals surface area contributed by atoms with Gasteiger partial charge in [0.25, 0.3) is 5.91 Å². The van der Waals surface area contributed by atoms with Crippen molar-refractivity contribution in [3.8, 4) is 0 Å². The van der Waals surface area contributed by atoms with Crippen molar-refractivity contribution in [1.82, 2.24) is 9.80 Å². The van der Waals surface area contributed by atoms with Crippen molar-refractivity contribution in [3.63, 3.8) is 0 Å². The van der Waals surface area contributed by atoms with Gasteiger partial charge in [-0.25, -0.2) is 0 Å². The molecule has 142 valence electrons. The van der Waals surface area contributed by atoms with Gasteiger partial charge < -0.3 is 15.5 Å². The zero-order chi connectivity index (χ0) is 18.1. The molecule has 4 rings (SSSR count). The fraction of sp³-hybridized carbons (Fsp3) is 0.333. The Hall–Kier alpha value is -2.37. The van der Waals surface area contributed by atoms with Crippen LogP contribution >= 0.6 is 12.4 Å². The summed E-state index contributed by atoms with van der Waals surface area (Å²) in [7, 11) is 0. The van der Waals surface area contributed by atoms with Crippen molar-refractivity contribution in [2.45, 2.75) is 12.5 Å². The number of fused-ring (bicyclic) bond motifs is 1. The number of nitrogens with zero attached hydrogens (tertiary/aromatic N) is 2. The summed E-state index contributed by atoms with van der Waals surface area (Å²) >= 11 is 0. The number of carbonyl (C=O) groups excluding carboxylic acids is 2. The lowest BCUT2D eigenvalue weighted by atomic mass is 9.89. The highest BCUT2D eigenvalue weighted by Crippen LogP contribution is 2.32. The minimum Gasteiger partial charge on any atom is -0.340 e. The molecule has 2 aromatic carbocycles. The molecule has 27 heavy (non-hydrogen) atoms. The number of benzene rings is 2. The molecule has 0 bridgehead atoms. The van der Waals surface area contributed by atoms with E-state index in [1.165, 1.54) is 5.56 Å². The average Bonchev–Trinajstić information content (AvgIpc) is 3.25. The third kappa shape index (κ3) is 3.70. The molecule has 2 N–H and O–H groups in total. The number of rotatable bonds is 4. The molecule has 1 saturated heterocycles. The van der Waals surface area contributed by atoms with Crippen molar-refractivity contribution < 1.29 is 9.59 Å². The Morgan fingerprint density at radius 2 is 1.74 bits per heavy atom. The van der Waals surface area contributed by atoms with Crippen LogP contribution in [0, 0.1) is 5.92 Å². The molecule has 0 unspecified atom stereocenters. The summed E-state index contributed by atoms with van der Waals surface area (Å²) in [5.74, 6) is 0.468. The van der Waals surface area contributed by atoms with Gasteiger partial charge in [-0.2, -0.15) is 0 Å². The number of hydrogen-bond donors (Lipinski definition) is 1. The third-order valence-electron chi connectivity index (χ3n) is 5.55. The molecule has 2 aliphatic rings. The van der Waals surface area contributed by atoms with Gasteiger partial charge in [0.1, 0.15) is 6.54 Å². The lowest BCUT2D eigenvalue weighted by Gasteiger charge is -2.21. The van der Waals surface area contributed by atoms with E-state index >= 15 is 0 Å². The predicted octanol–water partition coefficient (Wildman–Crippen LogP) is 2.27. The SMILES string of the molecule is Cl.NC[C@@H]1CN(C(=O)CN2Cc3ccccc3C2=O)C[C@H]1c1ccccc1. The van der Waals surface area contributed by atoms with Crippen LogP contribution in [0.25, 0.3) is 0 Å². The Morgan fingerprint density at radius 3 is 2.44 bits per heavy atom. The van der Waals surface area contributed by atoms with Gasteiger partial charge >= 0.3 is 0 Å². The van der Waals surface area contributed by atoms with Crippen LogP contribution in [0.3, 0.4) is 0 Å². The number of carbonyl (C=O) groups is 2. The van der Waals surface area contributed by atoms with Gasteiger partial charge in [0.15, 0.2) is 0 Å². The first kappa shape index (κ1) is 19.4. The van der Waals surface area contributed by atoms with Gasteiger partial charge in [0.2, 0.25) is 5.91 Å². The van der Waals surface area contributed by atoms with Gasteiger partial charge in [-0.15, -0.1) is 12.4 Å². The zero-order valence-corrected chi connectivity index (χ0v) is 15.9. The maximum absolute atomic E-state index is 12.8.